The summed E-state index contributed by atoms with van der Waals surface area (Å²) in [5, 5.41) is 25.8. The molecule has 0 unspecified atom stereocenters. The van der Waals surface area contributed by atoms with Crippen LogP contribution in [0.4, 0.5) is 5.00 Å². The maximum atomic E-state index is 10.7. The maximum Gasteiger partial charge on any atom is 0.344 e. The van der Waals surface area contributed by atoms with Gasteiger partial charge in [-0.2, -0.15) is 0 Å². The van der Waals surface area contributed by atoms with E-state index in [1.807, 2.05) is 30.3 Å². The lowest BCUT2D eigenvalue weighted by atomic mass is 10.2. The molecule has 1 aromatic carbocycles. The monoisotopic (exact) mass is 306 g/mol. The summed E-state index contributed by atoms with van der Waals surface area (Å²) in [5.41, 5.74) is 0.785. The fourth-order valence-corrected chi connectivity index (χ4v) is 3.55. The summed E-state index contributed by atoms with van der Waals surface area (Å²) < 4.78 is 0.486. The van der Waals surface area contributed by atoms with Crippen LogP contribution >= 0.6 is 23.1 Å². The molecule has 0 aliphatic carbocycles. The van der Waals surface area contributed by atoms with Crippen LogP contribution in [0.5, 0.6) is 0 Å². The number of thioether (sulfide) groups is 1. The van der Waals surface area contributed by atoms with Crippen molar-refractivity contribution in [3.63, 3.8) is 0 Å². The molecule has 0 saturated carbocycles. The standard InChI is InChI=1S/C10H6N6O2S2/c17-16(18)8-6-11-9(19-8)20-10(12-14-15-13-10)7-4-2-1-3-5-7/h1-6H. The SMILES string of the molecule is O=[N+]([O-])c1cnc(SC2(c3ccccc3)N=NN=N2)s1. The van der Waals surface area contributed by atoms with Gasteiger partial charge in [-0.05, 0) is 33.5 Å². The minimum Gasteiger partial charge on any atom is -0.257 e. The van der Waals surface area contributed by atoms with Gasteiger partial charge in [0.15, 0.2) is 4.34 Å². The van der Waals surface area contributed by atoms with Crippen LogP contribution in [0.1, 0.15) is 5.56 Å². The minimum atomic E-state index is -1.05. The second-order valence-electron chi connectivity index (χ2n) is 3.68. The van der Waals surface area contributed by atoms with E-state index in [0.29, 0.717) is 4.34 Å². The summed E-state index contributed by atoms with van der Waals surface area (Å²) in [4.78, 5) is 13.2. The molecule has 3 rings (SSSR count). The Hall–Kier alpha value is -2.20. The molecule has 1 aromatic heterocycles. The van der Waals surface area contributed by atoms with Gasteiger partial charge in [0.1, 0.15) is 6.20 Å². The van der Waals surface area contributed by atoms with Crippen molar-refractivity contribution in [2.45, 2.75) is 9.33 Å². The minimum absolute atomic E-state index is 0.0254. The number of aromatic nitrogens is 1. The Kier molecular flexibility index (Phi) is 3.24. The van der Waals surface area contributed by atoms with Gasteiger partial charge in [-0.25, -0.2) is 4.98 Å². The number of benzene rings is 1. The maximum absolute atomic E-state index is 10.7. The van der Waals surface area contributed by atoms with Crippen molar-refractivity contribution in [2.75, 3.05) is 0 Å². The molecule has 0 saturated heterocycles. The molecule has 0 fully saturated rings. The predicted octanol–water partition coefficient (Wildman–Crippen LogP) is 3.79. The fourth-order valence-electron chi connectivity index (χ4n) is 1.56. The molecular formula is C10H6N6O2S2. The Morgan fingerprint density at radius 2 is 1.90 bits per heavy atom. The normalized spacial score (nSPS) is 15.6. The third-order valence-electron chi connectivity index (χ3n) is 2.43. The van der Waals surface area contributed by atoms with Crippen molar-refractivity contribution in [3.8, 4) is 0 Å². The van der Waals surface area contributed by atoms with Crippen molar-refractivity contribution in [1.29, 1.82) is 0 Å². The van der Waals surface area contributed by atoms with Crippen molar-refractivity contribution >= 4 is 28.1 Å². The average molecular weight is 306 g/mol. The Bertz CT molecular complexity index is 687. The number of hydrogen-bond acceptors (Lipinski definition) is 9. The number of hydrogen-bond donors (Lipinski definition) is 0. The summed E-state index contributed by atoms with van der Waals surface area (Å²) in [6.07, 6.45) is 1.22. The van der Waals surface area contributed by atoms with Crippen LogP contribution in [-0.4, -0.2) is 9.91 Å². The van der Waals surface area contributed by atoms with Gasteiger partial charge in [0.25, 0.3) is 4.99 Å². The highest BCUT2D eigenvalue weighted by atomic mass is 32.2. The molecule has 0 bridgehead atoms. The third kappa shape index (κ3) is 2.30. The lowest BCUT2D eigenvalue weighted by Crippen LogP contribution is -2.13. The lowest BCUT2D eigenvalue weighted by molar-refractivity contribution is -0.380. The van der Waals surface area contributed by atoms with E-state index in [0.717, 1.165) is 16.9 Å². The Labute approximate surface area is 120 Å². The Balaban J connectivity index is 1.94. The van der Waals surface area contributed by atoms with Gasteiger partial charge in [0, 0.05) is 5.56 Å². The van der Waals surface area contributed by atoms with Crippen LogP contribution in [0.15, 0.2) is 61.5 Å². The first kappa shape index (κ1) is 12.8. The zero-order valence-corrected chi connectivity index (χ0v) is 11.4. The van der Waals surface area contributed by atoms with Crippen LogP contribution in [0.2, 0.25) is 0 Å². The summed E-state index contributed by atoms with van der Waals surface area (Å²) in [7, 11) is 0. The average Bonchev–Trinajstić information content (AvgIpc) is 3.10. The number of thiazole rings is 1. The van der Waals surface area contributed by atoms with Crippen molar-refractivity contribution in [1.82, 2.24) is 4.98 Å². The van der Waals surface area contributed by atoms with Gasteiger partial charge in [0.2, 0.25) is 0 Å². The first-order chi connectivity index (χ1) is 9.70. The Morgan fingerprint density at radius 3 is 2.50 bits per heavy atom. The molecule has 100 valence electrons. The van der Waals surface area contributed by atoms with E-state index in [2.05, 4.69) is 25.7 Å². The molecule has 1 aliphatic heterocycles. The number of nitro groups is 1. The van der Waals surface area contributed by atoms with Crippen LogP contribution in [0.3, 0.4) is 0 Å². The first-order valence-corrected chi connectivity index (χ1v) is 7.02. The van der Waals surface area contributed by atoms with E-state index in [-0.39, 0.29) is 5.00 Å². The smallest absolute Gasteiger partial charge is 0.257 e. The Morgan fingerprint density at radius 1 is 1.20 bits per heavy atom. The number of nitrogens with zero attached hydrogens (tertiary/aromatic N) is 6. The van der Waals surface area contributed by atoms with Gasteiger partial charge < -0.3 is 0 Å². The third-order valence-corrected chi connectivity index (χ3v) is 4.64. The highest BCUT2D eigenvalue weighted by Crippen LogP contribution is 2.48. The van der Waals surface area contributed by atoms with Crippen molar-refractivity contribution < 1.29 is 4.92 Å². The zero-order chi connectivity index (χ0) is 14.0. The first-order valence-electron chi connectivity index (χ1n) is 5.38. The second-order valence-corrected chi connectivity index (χ2v) is 6.10. The lowest BCUT2D eigenvalue weighted by Gasteiger charge is -2.17. The van der Waals surface area contributed by atoms with Crippen LogP contribution < -0.4 is 0 Å². The summed E-state index contributed by atoms with van der Waals surface area (Å²) in [6.45, 7) is 0. The second kappa shape index (κ2) is 5.06. The van der Waals surface area contributed by atoms with E-state index in [9.17, 15) is 10.1 Å². The highest BCUT2D eigenvalue weighted by molar-refractivity contribution is 8.01. The molecule has 0 N–H and O–H groups in total. The largest absolute Gasteiger partial charge is 0.344 e. The molecule has 20 heavy (non-hydrogen) atoms. The van der Waals surface area contributed by atoms with E-state index < -0.39 is 9.92 Å². The summed E-state index contributed by atoms with van der Waals surface area (Å²) in [5.74, 6) is 0. The molecule has 0 atom stereocenters. The van der Waals surface area contributed by atoms with Crippen LogP contribution in [0.25, 0.3) is 0 Å². The summed E-state index contributed by atoms with van der Waals surface area (Å²) in [6, 6.07) is 9.27. The van der Waals surface area contributed by atoms with E-state index in [1.54, 1.807) is 0 Å². The van der Waals surface area contributed by atoms with Gasteiger partial charge in [-0.1, -0.05) is 30.3 Å². The van der Waals surface area contributed by atoms with Gasteiger partial charge in [-0.3, -0.25) is 10.1 Å². The van der Waals surface area contributed by atoms with Gasteiger partial charge >= 0.3 is 5.00 Å². The zero-order valence-electron chi connectivity index (χ0n) is 9.78. The molecule has 10 heteroatoms. The molecule has 2 heterocycles. The van der Waals surface area contributed by atoms with E-state index in [4.69, 9.17) is 0 Å². The predicted molar refractivity (Wildman–Crippen MR) is 72.5 cm³/mol. The van der Waals surface area contributed by atoms with Crippen LogP contribution in [-0.2, 0) is 4.99 Å². The molecular weight excluding hydrogens is 300 g/mol. The molecule has 0 spiro atoms. The molecule has 0 radical (unpaired) electrons. The van der Waals surface area contributed by atoms with Crippen LogP contribution in [0, 0.1) is 10.1 Å². The van der Waals surface area contributed by atoms with Crippen molar-refractivity contribution in [3.05, 3.63) is 52.2 Å². The van der Waals surface area contributed by atoms with Gasteiger partial charge in [0.05, 0.1) is 4.92 Å². The molecule has 0 amide bonds. The van der Waals surface area contributed by atoms with Crippen molar-refractivity contribution in [2.24, 2.45) is 20.7 Å². The van der Waals surface area contributed by atoms with E-state index >= 15 is 0 Å². The highest BCUT2D eigenvalue weighted by Gasteiger charge is 2.38. The number of rotatable bonds is 4. The van der Waals surface area contributed by atoms with E-state index in [1.165, 1.54) is 18.0 Å². The topological polar surface area (TPSA) is 105 Å². The van der Waals surface area contributed by atoms with Gasteiger partial charge in [-0.15, -0.1) is 10.2 Å². The fraction of sp³-hybridized carbons (Fsp3) is 0.100. The molecule has 2 aromatic rings. The molecule has 1 aliphatic rings. The quantitative estimate of drug-likeness (QED) is 0.632. The summed E-state index contributed by atoms with van der Waals surface area (Å²) >= 11 is 2.14. The molecule has 8 nitrogen and oxygen atoms in total.